The van der Waals surface area contributed by atoms with Crippen molar-refractivity contribution in [3.05, 3.63) is 58.6 Å². The molecule has 0 unspecified atom stereocenters. The fourth-order valence-electron chi connectivity index (χ4n) is 3.36. The normalized spacial score (nSPS) is 17.0. The molecule has 2 amide bonds. The first-order valence-corrected chi connectivity index (χ1v) is 10.7. The summed E-state index contributed by atoms with van der Waals surface area (Å²) in [6, 6.07) is 4.59. The van der Waals surface area contributed by atoms with Crippen molar-refractivity contribution in [1.82, 2.24) is 19.8 Å². The zero-order valence-electron chi connectivity index (χ0n) is 17.9. The number of piperazine rings is 1. The Kier molecular flexibility index (Phi) is 7.36. The number of benzene rings is 1. The fourth-order valence-corrected chi connectivity index (χ4v) is 3.71. The molecule has 0 radical (unpaired) electrons. The molecule has 32 heavy (non-hydrogen) atoms. The van der Waals surface area contributed by atoms with Crippen molar-refractivity contribution in [2.24, 2.45) is 0 Å². The first kappa shape index (κ1) is 23.9. The van der Waals surface area contributed by atoms with Crippen molar-refractivity contribution in [1.29, 1.82) is 0 Å². The molecule has 1 saturated heterocycles. The number of halogens is 3. The van der Waals surface area contributed by atoms with Crippen LogP contribution >= 0.6 is 23.2 Å². The maximum Gasteiger partial charge on any atom is 0.410 e. The van der Waals surface area contributed by atoms with Gasteiger partial charge in [0.25, 0.3) is 0 Å². The van der Waals surface area contributed by atoms with Gasteiger partial charge in [0.15, 0.2) is 11.6 Å². The van der Waals surface area contributed by atoms with Crippen molar-refractivity contribution in [3.63, 3.8) is 0 Å². The van der Waals surface area contributed by atoms with E-state index in [2.05, 4.69) is 9.97 Å². The van der Waals surface area contributed by atoms with Crippen molar-refractivity contribution in [2.45, 2.75) is 32.4 Å². The molecule has 1 fully saturated rings. The first-order valence-electron chi connectivity index (χ1n) is 9.91. The van der Waals surface area contributed by atoms with Gasteiger partial charge in [-0.05, 0) is 44.5 Å². The van der Waals surface area contributed by atoms with Crippen LogP contribution in [0.3, 0.4) is 0 Å². The molecule has 1 aliphatic rings. The molecule has 0 saturated carbocycles. The van der Waals surface area contributed by atoms with E-state index in [1.54, 1.807) is 48.8 Å². The predicted molar refractivity (Wildman–Crippen MR) is 120 cm³/mol. The molecular formula is C22H23Cl2FN4O3. The van der Waals surface area contributed by atoms with E-state index in [-0.39, 0.29) is 24.8 Å². The topological polar surface area (TPSA) is 75.6 Å². The molecule has 1 aromatic heterocycles. The van der Waals surface area contributed by atoms with Crippen LogP contribution in [0.1, 0.15) is 32.4 Å². The van der Waals surface area contributed by atoms with Crippen LogP contribution in [0.15, 0.2) is 42.2 Å². The van der Waals surface area contributed by atoms with Crippen LogP contribution in [0, 0.1) is 5.82 Å². The average Bonchev–Trinajstić information content (AvgIpc) is 2.72. The van der Waals surface area contributed by atoms with Crippen LogP contribution in [0.5, 0.6) is 0 Å². The lowest BCUT2D eigenvalue weighted by molar-refractivity contribution is -0.129. The van der Waals surface area contributed by atoms with Crippen LogP contribution in [-0.2, 0) is 9.53 Å². The number of nitrogens with zero attached hydrogens (tertiary/aromatic N) is 4. The number of carbonyl (C=O) groups is 2. The lowest BCUT2D eigenvalue weighted by Crippen LogP contribution is -2.53. The van der Waals surface area contributed by atoms with Gasteiger partial charge in [-0.2, -0.15) is 0 Å². The smallest absolute Gasteiger partial charge is 0.410 e. The second-order valence-corrected chi connectivity index (χ2v) is 8.95. The molecule has 0 spiro atoms. The molecule has 1 atom stereocenters. The lowest BCUT2D eigenvalue weighted by Gasteiger charge is -2.41. The largest absolute Gasteiger partial charge is 0.444 e. The summed E-state index contributed by atoms with van der Waals surface area (Å²) in [5.41, 5.74) is 1.69. The van der Waals surface area contributed by atoms with Crippen LogP contribution in [-0.4, -0.2) is 57.0 Å². The molecule has 2 aromatic rings. The molecule has 0 bridgehead atoms. The minimum atomic E-state index is -0.683. The highest BCUT2D eigenvalue weighted by Crippen LogP contribution is 2.32. The molecule has 0 aliphatic carbocycles. The zero-order valence-corrected chi connectivity index (χ0v) is 19.4. The van der Waals surface area contributed by atoms with E-state index >= 15 is 0 Å². The molecule has 1 aliphatic heterocycles. The summed E-state index contributed by atoms with van der Waals surface area (Å²) in [4.78, 5) is 36.5. The minimum Gasteiger partial charge on any atom is -0.444 e. The summed E-state index contributed by atoms with van der Waals surface area (Å²) in [6.07, 6.45) is 2.89. The van der Waals surface area contributed by atoms with Crippen molar-refractivity contribution < 1.29 is 18.7 Å². The van der Waals surface area contributed by atoms with E-state index in [9.17, 15) is 14.0 Å². The number of hydrogen-bond donors (Lipinski definition) is 0. The molecule has 3 rings (SSSR count). The Morgan fingerprint density at radius 3 is 2.50 bits per heavy atom. The quantitative estimate of drug-likeness (QED) is 0.589. The summed E-state index contributed by atoms with van der Waals surface area (Å²) < 4.78 is 18.8. The third kappa shape index (κ3) is 5.95. The van der Waals surface area contributed by atoms with Gasteiger partial charge in [0.2, 0.25) is 5.91 Å². The monoisotopic (exact) mass is 480 g/mol. The molecule has 0 N–H and O–H groups in total. The Labute approximate surface area is 195 Å². The van der Waals surface area contributed by atoms with Crippen molar-refractivity contribution >= 4 is 35.2 Å². The van der Waals surface area contributed by atoms with Gasteiger partial charge in [0.1, 0.15) is 5.60 Å². The Morgan fingerprint density at radius 1 is 1.19 bits per heavy atom. The lowest BCUT2D eigenvalue weighted by atomic mass is 9.99. The number of aromatic nitrogens is 2. The number of amides is 2. The van der Waals surface area contributed by atoms with Gasteiger partial charge < -0.3 is 9.64 Å². The highest BCUT2D eigenvalue weighted by Gasteiger charge is 2.35. The van der Waals surface area contributed by atoms with Gasteiger partial charge >= 0.3 is 6.09 Å². The standard InChI is InChI=1S/C22H23Cl2FN4O3/c1-22(2,3)32-21(31)29-7-6-28(19(30)4-5-23)13-18(29)14-8-15(10-16(24)9-14)20-26-11-17(25)12-27-20/h4-5,8-12,18H,6-7,13H2,1-3H3/b5-4-/t18-/m0/s1. The van der Waals surface area contributed by atoms with E-state index in [1.165, 1.54) is 6.08 Å². The van der Waals surface area contributed by atoms with E-state index in [1.807, 2.05) is 0 Å². The van der Waals surface area contributed by atoms with Crippen molar-refractivity contribution in [2.75, 3.05) is 19.6 Å². The number of carbonyl (C=O) groups excluding carboxylic acids is 2. The van der Waals surface area contributed by atoms with E-state index in [4.69, 9.17) is 27.9 Å². The van der Waals surface area contributed by atoms with E-state index in [0.29, 0.717) is 22.7 Å². The van der Waals surface area contributed by atoms with Gasteiger partial charge in [-0.15, -0.1) is 0 Å². The molecule has 1 aromatic carbocycles. The molecule has 10 heteroatoms. The molecule has 7 nitrogen and oxygen atoms in total. The Bertz CT molecular complexity index is 1020. The fraction of sp³-hybridized carbons (Fsp3) is 0.364. The minimum absolute atomic E-state index is 0.212. The van der Waals surface area contributed by atoms with Crippen molar-refractivity contribution in [3.8, 4) is 11.4 Å². The molecule has 170 valence electrons. The SMILES string of the molecule is CC(C)(C)OC(=O)N1CCN(C(=O)/C=C\Cl)C[C@H]1c1cc(Cl)cc(-c2ncc(F)cn2)c1. The Morgan fingerprint density at radius 2 is 1.88 bits per heavy atom. The third-order valence-electron chi connectivity index (χ3n) is 4.71. The van der Waals surface area contributed by atoms with Gasteiger partial charge in [-0.3, -0.25) is 9.69 Å². The van der Waals surface area contributed by atoms with E-state index < -0.39 is 23.6 Å². The highest BCUT2D eigenvalue weighted by molar-refractivity contribution is 6.31. The summed E-state index contributed by atoms with van der Waals surface area (Å²) in [5, 5.41) is 0.388. The number of ether oxygens (including phenoxy) is 1. The number of hydrogen-bond acceptors (Lipinski definition) is 5. The first-order chi connectivity index (χ1) is 15.1. The maximum atomic E-state index is 13.2. The van der Waals surface area contributed by atoms with Gasteiger partial charge in [0, 0.05) is 41.8 Å². The maximum absolute atomic E-state index is 13.2. The van der Waals surface area contributed by atoms with Gasteiger partial charge in [-0.1, -0.05) is 23.2 Å². The highest BCUT2D eigenvalue weighted by atomic mass is 35.5. The Hall–Kier alpha value is -2.71. The second-order valence-electron chi connectivity index (χ2n) is 8.26. The summed E-state index contributed by atoms with van der Waals surface area (Å²) >= 11 is 11.9. The summed E-state index contributed by atoms with van der Waals surface area (Å²) in [6.45, 7) is 6.15. The Balaban J connectivity index is 2.00. The second kappa shape index (κ2) is 9.83. The van der Waals surface area contributed by atoms with Gasteiger partial charge in [-0.25, -0.2) is 19.2 Å². The molecular weight excluding hydrogens is 458 g/mol. The summed E-state index contributed by atoms with van der Waals surface area (Å²) in [5.74, 6) is -0.536. The van der Waals surface area contributed by atoms with Crippen LogP contribution in [0.25, 0.3) is 11.4 Å². The van der Waals surface area contributed by atoms with Crippen LogP contribution < -0.4 is 0 Å². The number of rotatable bonds is 3. The van der Waals surface area contributed by atoms with Crippen LogP contribution in [0.4, 0.5) is 9.18 Å². The zero-order chi connectivity index (χ0) is 23.5. The van der Waals surface area contributed by atoms with Crippen LogP contribution in [0.2, 0.25) is 5.02 Å². The van der Waals surface area contributed by atoms with Gasteiger partial charge in [0.05, 0.1) is 18.4 Å². The predicted octanol–water partition coefficient (Wildman–Crippen LogP) is 4.81. The summed E-state index contributed by atoms with van der Waals surface area (Å²) in [7, 11) is 0. The molecule has 2 heterocycles. The third-order valence-corrected chi connectivity index (χ3v) is 5.05. The van der Waals surface area contributed by atoms with E-state index in [0.717, 1.165) is 17.9 Å². The average molecular weight is 481 g/mol.